The summed E-state index contributed by atoms with van der Waals surface area (Å²) in [5.41, 5.74) is 1.29. The van der Waals surface area contributed by atoms with Crippen molar-refractivity contribution in [2.24, 2.45) is 5.10 Å². The van der Waals surface area contributed by atoms with Gasteiger partial charge in [0.05, 0.1) is 27.4 Å². The summed E-state index contributed by atoms with van der Waals surface area (Å²) in [5.74, 6) is -0.843. The van der Waals surface area contributed by atoms with E-state index < -0.39 is 11.7 Å². The number of amides is 1. The standard InChI is InChI=1S/C28H16FN3O3S/c29-21-11-12-23-25(14-21)36-28(31-23)32(27(34)19-10-9-17-5-1-2-6-18(17)13-19)30-15-20-16-35-24-8-4-3-7-22(24)26(20)33/h1-16H/b30-15+. The van der Waals surface area contributed by atoms with Crippen molar-refractivity contribution in [2.45, 2.75) is 0 Å². The van der Waals surface area contributed by atoms with Crippen molar-refractivity contribution in [3.8, 4) is 0 Å². The minimum atomic E-state index is -0.443. The van der Waals surface area contributed by atoms with Crippen LogP contribution in [0.2, 0.25) is 0 Å². The zero-order valence-corrected chi connectivity index (χ0v) is 19.4. The molecule has 6 rings (SSSR count). The molecule has 36 heavy (non-hydrogen) atoms. The van der Waals surface area contributed by atoms with Crippen LogP contribution in [0.4, 0.5) is 9.52 Å². The van der Waals surface area contributed by atoms with Gasteiger partial charge in [-0.25, -0.2) is 9.37 Å². The van der Waals surface area contributed by atoms with Crippen molar-refractivity contribution >= 4 is 60.5 Å². The Labute approximate surface area is 207 Å². The van der Waals surface area contributed by atoms with Crippen molar-refractivity contribution in [3.63, 3.8) is 0 Å². The maximum atomic E-state index is 13.8. The Bertz CT molecular complexity index is 1880. The first-order chi connectivity index (χ1) is 17.6. The summed E-state index contributed by atoms with van der Waals surface area (Å²) in [6.45, 7) is 0. The lowest BCUT2D eigenvalue weighted by Crippen LogP contribution is -2.26. The summed E-state index contributed by atoms with van der Waals surface area (Å²) in [6, 6.07) is 24.1. The highest BCUT2D eigenvalue weighted by molar-refractivity contribution is 7.22. The molecule has 4 aromatic carbocycles. The topological polar surface area (TPSA) is 75.8 Å². The molecule has 8 heteroatoms. The van der Waals surface area contributed by atoms with E-state index in [4.69, 9.17) is 4.42 Å². The second-order valence-electron chi connectivity index (χ2n) is 8.05. The van der Waals surface area contributed by atoms with Gasteiger partial charge in [0.1, 0.15) is 17.7 Å². The smallest absolute Gasteiger partial charge is 0.280 e. The number of carbonyl (C=O) groups excluding carboxylic acids is 1. The van der Waals surface area contributed by atoms with Gasteiger partial charge in [0, 0.05) is 5.56 Å². The molecule has 0 N–H and O–H groups in total. The molecule has 1 amide bonds. The highest BCUT2D eigenvalue weighted by Crippen LogP contribution is 2.31. The number of thiazole rings is 1. The van der Waals surface area contributed by atoms with E-state index >= 15 is 0 Å². The molecule has 0 aliphatic heterocycles. The molecule has 0 radical (unpaired) electrons. The number of anilines is 1. The number of fused-ring (bicyclic) bond motifs is 3. The maximum Gasteiger partial charge on any atom is 0.280 e. The second kappa shape index (κ2) is 8.83. The Morgan fingerprint density at radius 2 is 1.78 bits per heavy atom. The van der Waals surface area contributed by atoms with Crippen LogP contribution < -0.4 is 10.4 Å². The van der Waals surface area contributed by atoms with Crippen LogP contribution in [-0.4, -0.2) is 17.1 Å². The van der Waals surface area contributed by atoms with Gasteiger partial charge in [0.2, 0.25) is 10.6 Å². The van der Waals surface area contributed by atoms with Crippen LogP contribution in [-0.2, 0) is 0 Å². The van der Waals surface area contributed by atoms with Crippen LogP contribution in [0.1, 0.15) is 15.9 Å². The molecule has 174 valence electrons. The van der Waals surface area contributed by atoms with Crippen molar-refractivity contribution in [1.29, 1.82) is 0 Å². The van der Waals surface area contributed by atoms with Crippen molar-refractivity contribution in [1.82, 2.24) is 4.98 Å². The van der Waals surface area contributed by atoms with Gasteiger partial charge in [-0.05, 0) is 53.2 Å². The quantitative estimate of drug-likeness (QED) is 0.211. The van der Waals surface area contributed by atoms with Crippen molar-refractivity contribution < 1.29 is 13.6 Å². The predicted molar refractivity (Wildman–Crippen MR) is 140 cm³/mol. The average molecular weight is 494 g/mol. The van der Waals surface area contributed by atoms with E-state index in [2.05, 4.69) is 10.1 Å². The first kappa shape index (κ1) is 21.8. The van der Waals surface area contributed by atoms with Gasteiger partial charge in [0.25, 0.3) is 5.91 Å². The number of hydrogen-bond acceptors (Lipinski definition) is 6. The fraction of sp³-hybridized carbons (Fsp3) is 0. The lowest BCUT2D eigenvalue weighted by molar-refractivity contribution is 0.0988. The highest BCUT2D eigenvalue weighted by atomic mass is 32.1. The van der Waals surface area contributed by atoms with E-state index in [1.807, 2.05) is 30.3 Å². The van der Waals surface area contributed by atoms with Crippen LogP contribution >= 0.6 is 11.3 Å². The van der Waals surface area contributed by atoms with Gasteiger partial charge in [0.15, 0.2) is 0 Å². The molecule has 0 aliphatic rings. The molecular formula is C28H16FN3O3S. The Hall–Kier alpha value is -4.69. The Balaban J connectivity index is 1.46. The summed E-state index contributed by atoms with van der Waals surface area (Å²) in [4.78, 5) is 31.1. The van der Waals surface area contributed by atoms with E-state index in [-0.39, 0.29) is 16.1 Å². The number of hydrazone groups is 1. The fourth-order valence-electron chi connectivity index (χ4n) is 3.91. The number of hydrogen-bond donors (Lipinski definition) is 0. The number of para-hydroxylation sites is 1. The average Bonchev–Trinajstić information content (AvgIpc) is 3.32. The van der Waals surface area contributed by atoms with E-state index in [1.165, 1.54) is 24.6 Å². The van der Waals surface area contributed by atoms with Gasteiger partial charge in [-0.1, -0.05) is 53.8 Å². The molecule has 6 nitrogen and oxygen atoms in total. The molecule has 2 heterocycles. The third-order valence-corrected chi connectivity index (χ3v) is 6.72. The third-order valence-electron chi connectivity index (χ3n) is 5.73. The van der Waals surface area contributed by atoms with Crippen LogP contribution in [0.3, 0.4) is 0 Å². The number of carbonyl (C=O) groups is 1. The van der Waals surface area contributed by atoms with E-state index in [1.54, 1.807) is 42.5 Å². The van der Waals surface area contributed by atoms with E-state index in [0.717, 1.165) is 27.1 Å². The van der Waals surface area contributed by atoms with Crippen LogP contribution in [0.25, 0.3) is 32.0 Å². The molecule has 0 bridgehead atoms. The molecular weight excluding hydrogens is 477 g/mol. The molecule has 0 atom stereocenters. The molecule has 0 saturated carbocycles. The van der Waals surface area contributed by atoms with E-state index in [0.29, 0.717) is 26.7 Å². The van der Waals surface area contributed by atoms with Gasteiger partial charge in [-0.2, -0.15) is 10.1 Å². The molecule has 0 aliphatic carbocycles. The molecule has 6 aromatic rings. The first-order valence-corrected chi connectivity index (χ1v) is 11.8. The number of aromatic nitrogens is 1. The zero-order valence-electron chi connectivity index (χ0n) is 18.6. The molecule has 2 aromatic heterocycles. The van der Waals surface area contributed by atoms with Crippen molar-refractivity contribution in [2.75, 3.05) is 5.01 Å². The SMILES string of the molecule is O=C(c1ccc2ccccc2c1)N(/N=C/c1coc2ccccc2c1=O)c1nc2ccc(F)cc2s1. The first-order valence-electron chi connectivity index (χ1n) is 11.0. The number of rotatable bonds is 4. The monoisotopic (exact) mass is 493 g/mol. The van der Waals surface area contributed by atoms with Gasteiger partial charge < -0.3 is 4.42 Å². The summed E-state index contributed by atoms with van der Waals surface area (Å²) >= 11 is 1.13. The largest absolute Gasteiger partial charge is 0.463 e. The zero-order chi connectivity index (χ0) is 24.6. The lowest BCUT2D eigenvalue weighted by atomic mass is 10.1. The summed E-state index contributed by atoms with van der Waals surface area (Å²) < 4.78 is 19.9. The molecule has 0 fully saturated rings. The minimum absolute atomic E-state index is 0.178. The van der Waals surface area contributed by atoms with E-state index in [9.17, 15) is 14.0 Å². The summed E-state index contributed by atoms with van der Waals surface area (Å²) in [6.07, 6.45) is 2.59. The third kappa shape index (κ3) is 3.93. The molecule has 0 saturated heterocycles. The molecule has 0 spiro atoms. The number of benzene rings is 4. The van der Waals surface area contributed by atoms with Gasteiger partial charge in [-0.15, -0.1) is 0 Å². The predicted octanol–water partition coefficient (Wildman–Crippen LogP) is 6.38. The Morgan fingerprint density at radius 1 is 0.972 bits per heavy atom. The highest BCUT2D eigenvalue weighted by Gasteiger charge is 2.22. The number of halogens is 1. The normalized spacial score (nSPS) is 11.6. The minimum Gasteiger partial charge on any atom is -0.463 e. The second-order valence-corrected chi connectivity index (χ2v) is 9.06. The van der Waals surface area contributed by atoms with Crippen molar-refractivity contribution in [3.05, 3.63) is 118 Å². The van der Waals surface area contributed by atoms with Crippen LogP contribution in [0.15, 0.2) is 106 Å². The van der Waals surface area contributed by atoms with Crippen LogP contribution in [0, 0.1) is 5.82 Å². The molecule has 0 unspecified atom stereocenters. The Kier molecular flexibility index (Phi) is 5.35. The Morgan fingerprint density at radius 3 is 2.67 bits per heavy atom. The lowest BCUT2D eigenvalue weighted by Gasteiger charge is -2.14. The summed E-state index contributed by atoms with van der Waals surface area (Å²) in [7, 11) is 0. The maximum absolute atomic E-state index is 13.8. The summed E-state index contributed by atoms with van der Waals surface area (Å²) in [5, 5.41) is 8.03. The van der Waals surface area contributed by atoms with Gasteiger partial charge in [-0.3, -0.25) is 9.59 Å². The van der Waals surface area contributed by atoms with Crippen LogP contribution in [0.5, 0.6) is 0 Å². The fourth-order valence-corrected chi connectivity index (χ4v) is 4.86. The number of nitrogens with zero attached hydrogens (tertiary/aromatic N) is 3. The van der Waals surface area contributed by atoms with Gasteiger partial charge >= 0.3 is 0 Å².